The normalized spacial score (nSPS) is 47.5. The summed E-state index contributed by atoms with van der Waals surface area (Å²) in [5.41, 5.74) is 0. The van der Waals surface area contributed by atoms with Gasteiger partial charge in [-0.25, -0.2) is 0 Å². The minimum absolute atomic E-state index is 0.00348. The summed E-state index contributed by atoms with van der Waals surface area (Å²) in [6.45, 7) is 1.23. The molecule has 0 unspecified atom stereocenters. The van der Waals surface area contributed by atoms with E-state index in [9.17, 15) is 9.90 Å². The molecule has 3 saturated heterocycles. The molecule has 5 rings (SSSR count). The lowest BCUT2D eigenvalue weighted by atomic mass is 9.62. The minimum Gasteiger partial charge on any atom is -0.462 e. The molecule has 2 aliphatic carbocycles. The van der Waals surface area contributed by atoms with Gasteiger partial charge in [-0.05, 0) is 12.8 Å². The van der Waals surface area contributed by atoms with E-state index >= 15 is 0 Å². The Morgan fingerprint density at radius 3 is 2.96 bits per heavy atom. The number of ether oxygens (including phenoxy) is 5. The molecule has 0 aromatic heterocycles. The smallest absolute Gasteiger partial charge is 0.306 e. The predicted molar refractivity (Wildman–Crippen MR) is 76.2 cm³/mol. The molecular formula is C16H24O7. The van der Waals surface area contributed by atoms with E-state index in [4.69, 9.17) is 23.7 Å². The van der Waals surface area contributed by atoms with Crippen LogP contribution in [0.4, 0.5) is 0 Å². The van der Waals surface area contributed by atoms with Crippen LogP contribution in [0.1, 0.15) is 25.7 Å². The molecule has 4 bridgehead atoms. The fraction of sp³-hybridized carbons (Fsp3) is 0.938. The van der Waals surface area contributed by atoms with E-state index in [-0.39, 0.29) is 55.2 Å². The van der Waals surface area contributed by atoms with Crippen LogP contribution in [0.2, 0.25) is 0 Å². The molecule has 1 N–H and O–H groups in total. The number of methoxy groups -OCH3 is 1. The van der Waals surface area contributed by atoms with Crippen molar-refractivity contribution in [2.45, 2.75) is 49.8 Å². The van der Waals surface area contributed by atoms with E-state index in [1.165, 1.54) is 0 Å². The van der Waals surface area contributed by atoms with Crippen LogP contribution in [0.3, 0.4) is 0 Å². The number of rotatable bonds is 6. The first-order valence-electron chi connectivity index (χ1n) is 8.40. The van der Waals surface area contributed by atoms with Crippen molar-refractivity contribution >= 4 is 5.97 Å². The number of fused-ring (bicyclic) bond motifs is 2. The van der Waals surface area contributed by atoms with E-state index in [1.807, 2.05) is 0 Å². The molecule has 3 aliphatic heterocycles. The van der Waals surface area contributed by atoms with Crippen LogP contribution in [-0.4, -0.2) is 62.3 Å². The summed E-state index contributed by atoms with van der Waals surface area (Å²) in [6, 6.07) is 0. The molecule has 5 aliphatic rings. The quantitative estimate of drug-likeness (QED) is 0.430. The minimum atomic E-state index is -1.20. The second-order valence-electron chi connectivity index (χ2n) is 7.00. The molecular weight excluding hydrogens is 304 g/mol. The van der Waals surface area contributed by atoms with Crippen molar-refractivity contribution in [3.8, 4) is 0 Å². The number of hydrogen-bond donors (Lipinski definition) is 1. The molecule has 3 heterocycles. The van der Waals surface area contributed by atoms with Gasteiger partial charge in [0.1, 0.15) is 12.9 Å². The zero-order valence-electron chi connectivity index (χ0n) is 13.3. The molecule has 0 aromatic rings. The Morgan fingerprint density at radius 1 is 1.26 bits per heavy atom. The highest BCUT2D eigenvalue weighted by molar-refractivity contribution is 5.71. The van der Waals surface area contributed by atoms with Crippen LogP contribution in [0.5, 0.6) is 0 Å². The lowest BCUT2D eigenvalue weighted by Crippen LogP contribution is -2.53. The van der Waals surface area contributed by atoms with Gasteiger partial charge in [-0.15, -0.1) is 0 Å². The van der Waals surface area contributed by atoms with Crippen LogP contribution < -0.4 is 0 Å². The predicted octanol–water partition coefficient (Wildman–Crippen LogP) is 0.441. The van der Waals surface area contributed by atoms with E-state index in [0.29, 0.717) is 19.6 Å². The fourth-order valence-corrected chi connectivity index (χ4v) is 4.98. The summed E-state index contributed by atoms with van der Waals surface area (Å²) in [5.74, 6) is -1.40. The molecule has 7 atom stereocenters. The summed E-state index contributed by atoms with van der Waals surface area (Å²) < 4.78 is 27.8. The Kier molecular flexibility index (Phi) is 4.09. The molecule has 0 amide bonds. The van der Waals surface area contributed by atoms with E-state index < -0.39 is 5.79 Å². The van der Waals surface area contributed by atoms with E-state index in [0.717, 1.165) is 12.8 Å². The number of esters is 1. The van der Waals surface area contributed by atoms with Crippen LogP contribution in [0, 0.1) is 17.8 Å². The van der Waals surface area contributed by atoms with Crippen molar-refractivity contribution < 1.29 is 33.6 Å². The summed E-state index contributed by atoms with van der Waals surface area (Å²) in [4.78, 5) is 12.0. The van der Waals surface area contributed by atoms with Gasteiger partial charge in [-0.3, -0.25) is 4.79 Å². The third kappa shape index (κ3) is 2.59. The Bertz CT molecular complexity index is 469. The van der Waals surface area contributed by atoms with Gasteiger partial charge < -0.3 is 28.8 Å². The summed E-state index contributed by atoms with van der Waals surface area (Å²) in [5, 5.41) is 10.8. The number of carbonyl (C=O) groups is 1. The molecule has 0 aromatic carbocycles. The summed E-state index contributed by atoms with van der Waals surface area (Å²) >= 11 is 0. The van der Waals surface area contributed by atoms with Crippen LogP contribution in [0.25, 0.3) is 0 Å². The van der Waals surface area contributed by atoms with Crippen molar-refractivity contribution in [3.63, 3.8) is 0 Å². The van der Waals surface area contributed by atoms with Crippen molar-refractivity contribution in [2.75, 3.05) is 27.1 Å². The van der Waals surface area contributed by atoms with Crippen LogP contribution in [0.15, 0.2) is 0 Å². The molecule has 7 nitrogen and oxygen atoms in total. The van der Waals surface area contributed by atoms with Gasteiger partial charge in [0.15, 0.2) is 5.79 Å². The molecule has 7 heteroatoms. The molecule has 2 saturated carbocycles. The maximum Gasteiger partial charge on any atom is 0.306 e. The monoisotopic (exact) mass is 328 g/mol. The third-order valence-electron chi connectivity index (χ3n) is 5.83. The highest BCUT2D eigenvalue weighted by Crippen LogP contribution is 2.59. The Morgan fingerprint density at radius 2 is 2.13 bits per heavy atom. The first-order valence-corrected chi connectivity index (χ1v) is 8.40. The maximum absolute atomic E-state index is 12.0. The second-order valence-corrected chi connectivity index (χ2v) is 7.00. The van der Waals surface area contributed by atoms with E-state index in [1.54, 1.807) is 7.11 Å². The van der Waals surface area contributed by atoms with Gasteiger partial charge in [-0.2, -0.15) is 0 Å². The highest BCUT2D eigenvalue weighted by Gasteiger charge is 2.68. The molecule has 130 valence electrons. The number of hydrogen-bond acceptors (Lipinski definition) is 7. The highest BCUT2D eigenvalue weighted by atomic mass is 16.7. The van der Waals surface area contributed by atoms with Crippen molar-refractivity contribution in [1.82, 2.24) is 0 Å². The van der Waals surface area contributed by atoms with Gasteiger partial charge in [0.2, 0.25) is 0 Å². The Balaban J connectivity index is 1.48. The van der Waals surface area contributed by atoms with Crippen molar-refractivity contribution in [1.29, 1.82) is 0 Å². The number of aliphatic hydroxyl groups is 1. The molecule has 5 fully saturated rings. The van der Waals surface area contributed by atoms with Gasteiger partial charge >= 0.3 is 5.97 Å². The second kappa shape index (κ2) is 5.97. The van der Waals surface area contributed by atoms with Crippen molar-refractivity contribution in [2.24, 2.45) is 17.8 Å². The first-order chi connectivity index (χ1) is 11.1. The van der Waals surface area contributed by atoms with Crippen LogP contribution >= 0.6 is 0 Å². The van der Waals surface area contributed by atoms with Gasteiger partial charge in [0, 0.05) is 31.3 Å². The average molecular weight is 328 g/mol. The largest absolute Gasteiger partial charge is 0.462 e. The summed E-state index contributed by atoms with van der Waals surface area (Å²) in [6.07, 6.45) is 1.91. The zero-order valence-corrected chi connectivity index (χ0v) is 13.3. The van der Waals surface area contributed by atoms with Gasteiger partial charge in [0.05, 0.1) is 31.8 Å². The lowest BCUT2D eigenvalue weighted by molar-refractivity contribution is -0.226. The van der Waals surface area contributed by atoms with Gasteiger partial charge in [-0.1, -0.05) is 0 Å². The van der Waals surface area contributed by atoms with Crippen LogP contribution in [-0.2, 0) is 28.5 Å². The molecule has 23 heavy (non-hydrogen) atoms. The average Bonchev–Trinajstić information content (AvgIpc) is 2.62. The first kappa shape index (κ1) is 15.8. The van der Waals surface area contributed by atoms with Crippen molar-refractivity contribution in [3.05, 3.63) is 0 Å². The number of carbonyl (C=O) groups excluding carboxylic acids is 1. The molecule has 0 radical (unpaired) electrons. The Hall–Kier alpha value is -0.730. The lowest BCUT2D eigenvalue weighted by Gasteiger charge is -2.45. The zero-order chi connectivity index (χ0) is 16.0. The summed E-state index contributed by atoms with van der Waals surface area (Å²) in [7, 11) is 1.63. The SMILES string of the molecule is COCCOCO[C@H]1CC[C@H]2O[C@@]3(O)C[C@@H]4OC(=O)C[C@H]3[C@H]2[C@H]14. The third-order valence-corrected chi connectivity index (χ3v) is 5.83. The molecule has 0 spiro atoms. The van der Waals surface area contributed by atoms with E-state index in [2.05, 4.69) is 0 Å². The Labute approximate surface area is 135 Å². The maximum atomic E-state index is 12.0. The topological polar surface area (TPSA) is 83.5 Å². The van der Waals surface area contributed by atoms with Gasteiger partial charge in [0.25, 0.3) is 0 Å². The standard InChI is InChI=1S/C16H24O7/c1-19-4-5-20-8-21-10-2-3-11-14-9-6-13(17)22-12(15(10)14)7-16(9,18)23-11/h9-12,14-15,18H,2-8H2,1H3/t9-,10-,11+,12-,14+,15+,16-/m0/s1. The fourth-order valence-electron chi connectivity index (χ4n) is 4.98.